The summed E-state index contributed by atoms with van der Waals surface area (Å²) in [6.07, 6.45) is 6.90. The Morgan fingerprint density at radius 2 is 1.36 bits per heavy atom. The molecule has 2 bridgehead atoms. The quantitative estimate of drug-likeness (QED) is 0.305. The van der Waals surface area contributed by atoms with Gasteiger partial charge < -0.3 is 10.2 Å². The van der Waals surface area contributed by atoms with Crippen LogP contribution in [0.25, 0.3) is 0 Å². The third-order valence-corrected chi connectivity index (χ3v) is 15.4. The molecule has 0 aromatic carbocycles. The highest BCUT2D eigenvalue weighted by atomic mass is 32.2. The highest BCUT2D eigenvalue weighted by molar-refractivity contribution is 7.89. The lowest BCUT2D eigenvalue weighted by Gasteiger charge is -2.46. The molecule has 10 heteroatoms. The number of rotatable bonds is 10. The molecule has 0 radical (unpaired) electrons. The van der Waals surface area contributed by atoms with Gasteiger partial charge in [0.15, 0.2) is 0 Å². The van der Waals surface area contributed by atoms with Gasteiger partial charge in [0, 0.05) is 22.9 Å². The summed E-state index contributed by atoms with van der Waals surface area (Å²) in [5, 5.41) is 21.9. The minimum atomic E-state index is -3.76. The number of nitrogens with one attached hydrogen (secondary N) is 2. The van der Waals surface area contributed by atoms with Gasteiger partial charge in [-0.2, -0.15) is 0 Å². The van der Waals surface area contributed by atoms with E-state index in [1.54, 1.807) is 0 Å². The molecule has 4 fully saturated rings. The lowest BCUT2D eigenvalue weighted by atomic mass is 9.62. The van der Waals surface area contributed by atoms with Crippen LogP contribution in [0.3, 0.4) is 0 Å². The summed E-state index contributed by atoms with van der Waals surface area (Å²) in [6.45, 7) is 12.6. The largest absolute Gasteiger partial charge is 0.393 e. The Hall–Kier alpha value is -0.260. The van der Waals surface area contributed by atoms with Crippen LogP contribution in [0.4, 0.5) is 0 Å². The summed E-state index contributed by atoms with van der Waals surface area (Å²) in [7, 11) is -7.52. The van der Waals surface area contributed by atoms with Crippen molar-refractivity contribution in [1.82, 2.24) is 9.44 Å². The van der Waals surface area contributed by atoms with Crippen molar-refractivity contribution >= 4 is 20.0 Å². The molecule has 4 rings (SSSR count). The monoisotopic (exact) mass is 590 g/mol. The van der Waals surface area contributed by atoms with Crippen molar-refractivity contribution < 1.29 is 27.0 Å². The van der Waals surface area contributed by atoms with E-state index >= 15 is 0 Å². The molecule has 0 amide bonds. The number of aliphatic hydroxyl groups excluding tert-OH is 2. The highest BCUT2D eigenvalue weighted by Gasteiger charge is 2.65. The topological polar surface area (TPSA) is 133 Å². The summed E-state index contributed by atoms with van der Waals surface area (Å²) in [4.78, 5) is 0. The van der Waals surface area contributed by atoms with E-state index in [2.05, 4.69) is 44.1 Å². The molecule has 4 N–H and O–H groups in total. The first-order chi connectivity index (χ1) is 17.9. The standard InChI is InChI=1S/C29H54N2O6S2/c1-7-26(2,3)20-12-14-28(6,24(32)16-20)18-38(34,35)30-22-10-8-9-11-23(22)31-39(36,37)19-29-15-13-21(17-25(29)33)27(29,4)5/h20-25,30-33H,7-19H2,1-6H3/t20-,21?,22+,23+,24?,25?,28?,29+/m0/s1. The Labute approximate surface area is 237 Å². The second-order valence-electron chi connectivity index (χ2n) is 15.1. The maximum atomic E-state index is 13.5. The van der Waals surface area contributed by atoms with Gasteiger partial charge in [-0.25, -0.2) is 26.3 Å². The summed E-state index contributed by atoms with van der Waals surface area (Å²) in [6, 6.07) is -1.04. The zero-order valence-electron chi connectivity index (χ0n) is 25.0. The number of fused-ring (bicyclic) bond motifs is 2. The fourth-order valence-corrected chi connectivity index (χ4v) is 12.9. The lowest BCUT2D eigenvalue weighted by Crippen LogP contribution is -2.57. The van der Waals surface area contributed by atoms with Crippen molar-refractivity contribution in [3.8, 4) is 0 Å². The van der Waals surface area contributed by atoms with E-state index in [1.165, 1.54) is 0 Å². The molecule has 0 aromatic rings. The van der Waals surface area contributed by atoms with Crippen molar-refractivity contribution in [3.63, 3.8) is 0 Å². The Morgan fingerprint density at radius 1 is 0.795 bits per heavy atom. The first-order valence-corrected chi connectivity index (χ1v) is 18.5. The third kappa shape index (κ3) is 6.12. The fourth-order valence-electron chi connectivity index (χ4n) is 8.62. The molecule has 4 saturated carbocycles. The molecule has 4 unspecified atom stereocenters. The number of hydrogen-bond donors (Lipinski definition) is 4. The normalized spacial score (nSPS) is 41.1. The van der Waals surface area contributed by atoms with Crippen LogP contribution in [0.2, 0.25) is 0 Å². The Kier molecular flexibility index (Phi) is 8.75. The molecule has 8 nitrogen and oxygen atoms in total. The second-order valence-corrected chi connectivity index (χ2v) is 18.6. The minimum Gasteiger partial charge on any atom is -0.393 e. The molecular formula is C29H54N2O6S2. The number of hydrogen-bond acceptors (Lipinski definition) is 6. The summed E-state index contributed by atoms with van der Waals surface area (Å²) < 4.78 is 59.6. The van der Waals surface area contributed by atoms with E-state index in [4.69, 9.17) is 0 Å². The predicted octanol–water partition coefficient (Wildman–Crippen LogP) is 3.93. The van der Waals surface area contributed by atoms with Gasteiger partial charge in [0.2, 0.25) is 20.0 Å². The molecule has 8 atom stereocenters. The highest BCUT2D eigenvalue weighted by Crippen LogP contribution is 2.66. The zero-order chi connectivity index (χ0) is 29.1. The molecular weight excluding hydrogens is 536 g/mol. The van der Waals surface area contributed by atoms with Gasteiger partial charge in [0.1, 0.15) is 0 Å². The number of sulfonamides is 2. The van der Waals surface area contributed by atoms with Crippen LogP contribution in [0.15, 0.2) is 0 Å². The van der Waals surface area contributed by atoms with Crippen LogP contribution in [-0.4, -0.2) is 62.8 Å². The van der Waals surface area contributed by atoms with Crippen molar-refractivity contribution in [3.05, 3.63) is 0 Å². The van der Waals surface area contributed by atoms with Crippen LogP contribution in [-0.2, 0) is 20.0 Å². The molecule has 0 saturated heterocycles. The van der Waals surface area contributed by atoms with Gasteiger partial charge in [-0.3, -0.25) is 0 Å². The smallest absolute Gasteiger partial charge is 0.212 e. The van der Waals surface area contributed by atoms with E-state index in [-0.39, 0.29) is 22.3 Å². The molecule has 0 aliphatic heterocycles. The molecule has 0 heterocycles. The zero-order valence-corrected chi connectivity index (χ0v) is 26.6. The van der Waals surface area contributed by atoms with Gasteiger partial charge in [0.25, 0.3) is 0 Å². The summed E-state index contributed by atoms with van der Waals surface area (Å²) >= 11 is 0. The van der Waals surface area contributed by atoms with Gasteiger partial charge in [-0.05, 0) is 74.0 Å². The van der Waals surface area contributed by atoms with Gasteiger partial charge in [-0.15, -0.1) is 0 Å². The van der Waals surface area contributed by atoms with Crippen molar-refractivity contribution in [1.29, 1.82) is 0 Å². The van der Waals surface area contributed by atoms with Gasteiger partial charge >= 0.3 is 0 Å². The third-order valence-electron chi connectivity index (χ3n) is 12.2. The maximum Gasteiger partial charge on any atom is 0.212 e. The maximum absolute atomic E-state index is 13.5. The minimum absolute atomic E-state index is 0.106. The first-order valence-electron chi connectivity index (χ1n) is 15.2. The summed E-state index contributed by atoms with van der Waals surface area (Å²) in [5.41, 5.74) is -1.55. The first kappa shape index (κ1) is 31.7. The van der Waals surface area contributed by atoms with Crippen LogP contribution >= 0.6 is 0 Å². The molecule has 4 aliphatic rings. The molecule has 228 valence electrons. The lowest BCUT2D eigenvalue weighted by molar-refractivity contribution is -0.0340. The average molecular weight is 591 g/mol. The molecule has 39 heavy (non-hydrogen) atoms. The van der Waals surface area contributed by atoms with Crippen molar-refractivity contribution in [2.75, 3.05) is 11.5 Å². The van der Waals surface area contributed by atoms with E-state index in [0.717, 1.165) is 32.1 Å². The summed E-state index contributed by atoms with van der Waals surface area (Å²) in [5.74, 6) is 0.398. The van der Waals surface area contributed by atoms with E-state index in [9.17, 15) is 27.0 Å². The van der Waals surface area contributed by atoms with Crippen LogP contribution in [0.1, 0.15) is 112 Å². The SMILES string of the molecule is CCC(C)(C)[C@H]1CCC(C)(CS(=O)(=O)N[C@@H]2CCCC[C@H]2NS(=O)(=O)C[C@]23CCC(CC2O)C3(C)C)C(O)C1. The van der Waals surface area contributed by atoms with Gasteiger partial charge in [-0.1, -0.05) is 60.8 Å². The van der Waals surface area contributed by atoms with Crippen LogP contribution in [0.5, 0.6) is 0 Å². The van der Waals surface area contributed by atoms with Crippen molar-refractivity contribution in [2.24, 2.45) is 33.5 Å². The van der Waals surface area contributed by atoms with Crippen molar-refractivity contribution in [2.45, 2.75) is 136 Å². The Balaban J connectivity index is 1.42. The molecule has 0 aromatic heterocycles. The average Bonchev–Trinajstić information content (AvgIpc) is 3.15. The van der Waals surface area contributed by atoms with Crippen LogP contribution < -0.4 is 9.44 Å². The molecule has 4 aliphatic carbocycles. The number of aliphatic hydroxyl groups is 2. The fraction of sp³-hybridized carbons (Fsp3) is 1.00. The van der Waals surface area contributed by atoms with Gasteiger partial charge in [0.05, 0.1) is 23.7 Å². The van der Waals surface area contributed by atoms with Crippen LogP contribution in [0, 0.1) is 33.5 Å². The molecule has 0 spiro atoms. The Bertz CT molecular complexity index is 1110. The second kappa shape index (κ2) is 10.8. The van der Waals surface area contributed by atoms with E-state index in [0.29, 0.717) is 50.4 Å². The van der Waals surface area contributed by atoms with E-state index in [1.807, 2.05) is 6.92 Å². The Morgan fingerprint density at radius 3 is 1.82 bits per heavy atom. The van der Waals surface area contributed by atoms with E-state index < -0.39 is 55.2 Å². The predicted molar refractivity (Wildman–Crippen MR) is 155 cm³/mol.